The fourth-order valence-corrected chi connectivity index (χ4v) is 5.00. The number of hydrogen-bond donors (Lipinski definition) is 0. The number of nitrogens with zero attached hydrogens (tertiary/aromatic N) is 5. The van der Waals surface area contributed by atoms with Gasteiger partial charge in [-0.2, -0.15) is 4.31 Å². The van der Waals surface area contributed by atoms with Crippen LogP contribution in [0.15, 0.2) is 53.7 Å². The first-order chi connectivity index (χ1) is 14.6. The summed E-state index contributed by atoms with van der Waals surface area (Å²) in [5.74, 6) is 2.06. The number of hydrogen-bond acceptors (Lipinski definition) is 8. The maximum absolute atomic E-state index is 13.0. The second-order valence-corrected chi connectivity index (χ2v) is 8.92. The van der Waals surface area contributed by atoms with E-state index in [4.69, 9.17) is 14.2 Å². The van der Waals surface area contributed by atoms with Gasteiger partial charge < -0.3 is 14.2 Å². The molecule has 3 aromatic rings. The first-order valence-electron chi connectivity index (χ1n) is 9.49. The zero-order valence-corrected chi connectivity index (χ0v) is 16.7. The molecule has 11 heteroatoms. The van der Waals surface area contributed by atoms with Gasteiger partial charge in [-0.25, -0.2) is 13.1 Å². The molecule has 0 saturated carbocycles. The summed E-state index contributed by atoms with van der Waals surface area (Å²) in [5, 5.41) is 11.0. The van der Waals surface area contributed by atoms with Crippen molar-refractivity contribution in [3.05, 3.63) is 48.8 Å². The lowest BCUT2D eigenvalue weighted by Crippen LogP contribution is -2.41. The lowest BCUT2D eigenvalue weighted by molar-refractivity contribution is 0.134. The lowest BCUT2D eigenvalue weighted by atomic mass is 10.1. The summed E-state index contributed by atoms with van der Waals surface area (Å²) in [6.07, 6.45) is 2.61. The first kappa shape index (κ1) is 18.8. The predicted molar refractivity (Wildman–Crippen MR) is 104 cm³/mol. The highest BCUT2D eigenvalue weighted by atomic mass is 32.2. The van der Waals surface area contributed by atoms with Crippen LogP contribution in [-0.2, 0) is 10.0 Å². The van der Waals surface area contributed by atoms with Gasteiger partial charge in [0.15, 0.2) is 11.5 Å². The van der Waals surface area contributed by atoms with Gasteiger partial charge in [0, 0.05) is 19.2 Å². The number of tetrazole rings is 1. The number of piperidine rings is 1. The smallest absolute Gasteiger partial charge is 0.243 e. The van der Waals surface area contributed by atoms with Crippen LogP contribution in [0.3, 0.4) is 0 Å². The normalized spacial score (nSPS) is 17.2. The van der Waals surface area contributed by atoms with Crippen LogP contribution in [0.25, 0.3) is 5.69 Å². The van der Waals surface area contributed by atoms with Crippen molar-refractivity contribution in [3.8, 4) is 22.9 Å². The quantitative estimate of drug-likeness (QED) is 0.602. The van der Waals surface area contributed by atoms with Gasteiger partial charge in [-0.05, 0) is 59.7 Å². The molecule has 3 heterocycles. The van der Waals surface area contributed by atoms with Gasteiger partial charge in [-0.3, -0.25) is 0 Å². The van der Waals surface area contributed by atoms with Crippen LogP contribution in [0.1, 0.15) is 12.8 Å². The minimum absolute atomic E-state index is 0.0565. The Hall–Kier alpha value is -3.18. The van der Waals surface area contributed by atoms with E-state index in [2.05, 4.69) is 15.5 Å². The van der Waals surface area contributed by atoms with Gasteiger partial charge in [0.2, 0.25) is 16.8 Å². The van der Waals surface area contributed by atoms with Crippen molar-refractivity contribution >= 4 is 10.0 Å². The van der Waals surface area contributed by atoms with E-state index >= 15 is 0 Å². The van der Waals surface area contributed by atoms with Crippen molar-refractivity contribution in [2.45, 2.75) is 23.8 Å². The maximum Gasteiger partial charge on any atom is 0.243 e. The molecule has 156 valence electrons. The Kier molecular flexibility index (Phi) is 4.75. The SMILES string of the molecule is O=S(=O)(c1ccc(-n2cnnn2)cc1)N1CCC(Oc2ccc3c(c2)OCO3)CC1. The van der Waals surface area contributed by atoms with Gasteiger partial charge in [0.25, 0.3) is 0 Å². The molecule has 0 unspecified atom stereocenters. The largest absolute Gasteiger partial charge is 0.490 e. The van der Waals surface area contributed by atoms with Crippen LogP contribution in [0.5, 0.6) is 17.2 Å². The van der Waals surface area contributed by atoms with Crippen LogP contribution in [0.4, 0.5) is 0 Å². The van der Waals surface area contributed by atoms with Crippen molar-refractivity contribution in [3.63, 3.8) is 0 Å². The Labute approximate surface area is 173 Å². The summed E-state index contributed by atoms with van der Waals surface area (Å²) in [4.78, 5) is 0.245. The maximum atomic E-state index is 13.0. The van der Waals surface area contributed by atoms with Crippen molar-refractivity contribution in [2.24, 2.45) is 0 Å². The zero-order valence-electron chi connectivity index (χ0n) is 15.9. The number of benzene rings is 2. The van der Waals surface area contributed by atoms with E-state index in [0.29, 0.717) is 48.9 Å². The number of ether oxygens (including phenoxy) is 3. The third-order valence-electron chi connectivity index (χ3n) is 5.14. The van der Waals surface area contributed by atoms with Crippen LogP contribution >= 0.6 is 0 Å². The highest BCUT2D eigenvalue weighted by Crippen LogP contribution is 2.36. The third kappa shape index (κ3) is 3.57. The van der Waals surface area contributed by atoms with Gasteiger partial charge in [-0.1, -0.05) is 0 Å². The molecule has 1 saturated heterocycles. The van der Waals surface area contributed by atoms with Crippen molar-refractivity contribution in [1.29, 1.82) is 0 Å². The van der Waals surface area contributed by atoms with Crippen molar-refractivity contribution in [2.75, 3.05) is 19.9 Å². The molecule has 0 amide bonds. The van der Waals surface area contributed by atoms with Crippen LogP contribution < -0.4 is 14.2 Å². The summed E-state index contributed by atoms with van der Waals surface area (Å²) in [6.45, 7) is 1.00. The number of rotatable bonds is 5. The lowest BCUT2D eigenvalue weighted by Gasteiger charge is -2.31. The Bertz CT molecular complexity index is 1130. The topological polar surface area (TPSA) is 109 Å². The molecule has 10 nitrogen and oxygen atoms in total. The fraction of sp³-hybridized carbons (Fsp3) is 0.316. The molecule has 2 aliphatic heterocycles. The molecule has 0 bridgehead atoms. The minimum atomic E-state index is -3.57. The number of aromatic nitrogens is 4. The summed E-state index contributed by atoms with van der Waals surface area (Å²) < 4.78 is 45.6. The minimum Gasteiger partial charge on any atom is -0.490 e. The summed E-state index contributed by atoms with van der Waals surface area (Å²) in [7, 11) is -3.57. The number of sulfonamides is 1. The Morgan fingerprint density at radius 2 is 1.77 bits per heavy atom. The molecule has 0 spiro atoms. The molecule has 0 aliphatic carbocycles. The monoisotopic (exact) mass is 429 g/mol. The van der Waals surface area contributed by atoms with E-state index in [0.717, 1.165) is 0 Å². The molecule has 2 aromatic carbocycles. The Morgan fingerprint density at radius 3 is 2.50 bits per heavy atom. The molecule has 0 atom stereocenters. The van der Waals surface area contributed by atoms with Crippen LogP contribution in [0, 0.1) is 0 Å². The second kappa shape index (κ2) is 7.58. The Morgan fingerprint density at radius 1 is 1.00 bits per heavy atom. The van der Waals surface area contributed by atoms with Gasteiger partial charge in [0.1, 0.15) is 18.2 Å². The molecule has 0 N–H and O–H groups in total. The fourth-order valence-electron chi connectivity index (χ4n) is 3.53. The van der Waals surface area contributed by atoms with Crippen LogP contribution in [0.2, 0.25) is 0 Å². The molecule has 1 aromatic heterocycles. The van der Waals surface area contributed by atoms with E-state index in [1.54, 1.807) is 30.3 Å². The molecule has 0 radical (unpaired) electrons. The Balaban J connectivity index is 1.22. The van der Waals surface area contributed by atoms with Crippen molar-refractivity contribution < 1.29 is 22.6 Å². The zero-order chi connectivity index (χ0) is 20.6. The van der Waals surface area contributed by atoms with Gasteiger partial charge >= 0.3 is 0 Å². The molecule has 2 aliphatic rings. The first-order valence-corrected chi connectivity index (χ1v) is 10.9. The van der Waals surface area contributed by atoms with Crippen LogP contribution in [-0.4, -0.2) is 58.9 Å². The predicted octanol–water partition coefficient (Wildman–Crippen LogP) is 1.62. The van der Waals surface area contributed by atoms with E-state index < -0.39 is 10.0 Å². The molecular formula is C19H19N5O5S. The van der Waals surface area contributed by atoms with Crippen molar-refractivity contribution in [1.82, 2.24) is 24.5 Å². The van der Waals surface area contributed by atoms with E-state index in [-0.39, 0.29) is 17.8 Å². The van der Waals surface area contributed by atoms with E-state index in [9.17, 15) is 8.42 Å². The van der Waals surface area contributed by atoms with Gasteiger partial charge in [0.05, 0.1) is 10.6 Å². The highest BCUT2D eigenvalue weighted by Gasteiger charge is 2.30. The molecule has 1 fully saturated rings. The molecule has 5 rings (SSSR count). The molecule has 30 heavy (non-hydrogen) atoms. The molecular weight excluding hydrogens is 410 g/mol. The number of fused-ring (bicyclic) bond motifs is 1. The average Bonchev–Trinajstić information content (AvgIpc) is 3.46. The second-order valence-electron chi connectivity index (χ2n) is 6.98. The summed E-state index contributed by atoms with van der Waals surface area (Å²) in [6, 6.07) is 12.0. The van der Waals surface area contributed by atoms with Gasteiger partial charge in [-0.15, -0.1) is 5.10 Å². The third-order valence-corrected chi connectivity index (χ3v) is 7.05. The van der Waals surface area contributed by atoms with E-state index in [1.165, 1.54) is 15.3 Å². The summed E-state index contributed by atoms with van der Waals surface area (Å²) in [5.41, 5.74) is 0.690. The highest BCUT2D eigenvalue weighted by molar-refractivity contribution is 7.89. The van der Waals surface area contributed by atoms with E-state index in [1.807, 2.05) is 12.1 Å². The summed E-state index contributed by atoms with van der Waals surface area (Å²) >= 11 is 0. The average molecular weight is 429 g/mol. The standard InChI is InChI=1S/C19H19N5O5S/c25-30(26,17-4-1-14(2-5-17)24-12-20-21-22-24)23-9-7-15(8-10-23)29-16-3-6-18-19(11-16)28-13-27-18/h1-6,11-12,15H,7-10,13H2.